The van der Waals surface area contributed by atoms with E-state index in [0.29, 0.717) is 37.2 Å². The van der Waals surface area contributed by atoms with Gasteiger partial charge in [-0.05, 0) is 61.0 Å². The molecule has 2 heterocycles. The van der Waals surface area contributed by atoms with E-state index in [9.17, 15) is 17.6 Å². The number of anilines is 2. The summed E-state index contributed by atoms with van der Waals surface area (Å²) >= 11 is 0. The largest absolute Gasteiger partial charge is 0.490 e. The van der Waals surface area contributed by atoms with Crippen LogP contribution in [0.25, 0.3) is 0 Å². The van der Waals surface area contributed by atoms with Gasteiger partial charge in [0.25, 0.3) is 0 Å². The van der Waals surface area contributed by atoms with E-state index in [1.54, 1.807) is 23.1 Å². The number of carbonyl (C=O) groups is 1. The number of rotatable bonds is 5. The molecule has 36 heavy (non-hydrogen) atoms. The van der Waals surface area contributed by atoms with E-state index in [4.69, 9.17) is 9.47 Å². The Kier molecular flexibility index (Phi) is 6.75. The third kappa shape index (κ3) is 5.26. The van der Waals surface area contributed by atoms with Gasteiger partial charge in [0.1, 0.15) is 23.8 Å². The van der Waals surface area contributed by atoms with Crippen molar-refractivity contribution < 1.29 is 27.1 Å². The number of carbonyl (C=O) groups excluding carboxylic acids is 1. The summed E-state index contributed by atoms with van der Waals surface area (Å²) in [5, 5.41) is 0. The number of fused-ring (bicyclic) bond motifs is 1. The number of allylic oxidation sites excluding steroid dienone is 2. The van der Waals surface area contributed by atoms with Crippen LogP contribution in [0.5, 0.6) is 5.75 Å². The normalized spacial score (nSPS) is 20.2. The zero-order valence-corrected chi connectivity index (χ0v) is 20.9. The monoisotopic (exact) mass is 512 g/mol. The lowest BCUT2D eigenvalue weighted by Crippen LogP contribution is -2.43. The van der Waals surface area contributed by atoms with Gasteiger partial charge < -0.3 is 19.3 Å². The highest BCUT2D eigenvalue weighted by molar-refractivity contribution is 7.90. The molecule has 7 nitrogen and oxygen atoms in total. The molecule has 1 saturated heterocycles. The van der Waals surface area contributed by atoms with Crippen molar-refractivity contribution in [3.63, 3.8) is 0 Å². The zero-order chi connectivity index (χ0) is 25.3. The molecule has 0 N–H and O–H groups in total. The minimum absolute atomic E-state index is 0.00440. The van der Waals surface area contributed by atoms with Crippen LogP contribution in [0, 0.1) is 0 Å². The maximum Gasteiger partial charge on any atom is 0.410 e. The second kappa shape index (κ2) is 9.97. The lowest BCUT2D eigenvalue weighted by molar-refractivity contribution is 0.0538. The van der Waals surface area contributed by atoms with Crippen molar-refractivity contribution in [1.29, 1.82) is 0 Å². The molecule has 1 atom stereocenters. The van der Waals surface area contributed by atoms with Crippen molar-refractivity contribution in [1.82, 2.24) is 4.90 Å². The molecule has 1 unspecified atom stereocenters. The molecular weight excluding hydrogens is 483 g/mol. The molecule has 1 amide bonds. The van der Waals surface area contributed by atoms with Crippen molar-refractivity contribution in [2.75, 3.05) is 30.8 Å². The maximum atomic E-state index is 13.1. The summed E-state index contributed by atoms with van der Waals surface area (Å²) in [6.07, 6.45) is 7.29. The Morgan fingerprint density at radius 1 is 1.06 bits per heavy atom. The number of hydrogen-bond acceptors (Lipinski definition) is 6. The highest BCUT2D eigenvalue weighted by atomic mass is 32.2. The van der Waals surface area contributed by atoms with Crippen molar-refractivity contribution in [3.05, 3.63) is 72.1 Å². The summed E-state index contributed by atoms with van der Waals surface area (Å²) in [6, 6.07) is 13.0. The first-order valence-corrected chi connectivity index (χ1v) is 14.0. The lowest BCUT2D eigenvalue weighted by Gasteiger charge is -2.32. The van der Waals surface area contributed by atoms with Gasteiger partial charge in [-0.1, -0.05) is 6.07 Å². The Bertz CT molecular complexity index is 1300. The summed E-state index contributed by atoms with van der Waals surface area (Å²) in [5.74, 6) is 0.547. The number of piperidine rings is 1. The second-order valence-electron chi connectivity index (χ2n) is 9.33. The van der Waals surface area contributed by atoms with Gasteiger partial charge >= 0.3 is 6.09 Å². The lowest BCUT2D eigenvalue weighted by atomic mass is 10.1. The summed E-state index contributed by atoms with van der Waals surface area (Å²) in [6.45, 7) is 1.86. The highest BCUT2D eigenvalue weighted by Gasteiger charge is 2.29. The predicted molar refractivity (Wildman–Crippen MR) is 135 cm³/mol. The first-order valence-electron chi connectivity index (χ1n) is 12.1. The molecule has 2 aromatic carbocycles. The molecule has 5 rings (SSSR count). The molecule has 0 bridgehead atoms. The molecule has 3 aliphatic rings. The highest BCUT2D eigenvalue weighted by Crippen LogP contribution is 2.40. The van der Waals surface area contributed by atoms with Crippen LogP contribution in [-0.2, 0) is 21.0 Å². The molecule has 0 spiro atoms. The first-order chi connectivity index (χ1) is 17.3. The minimum Gasteiger partial charge on any atom is -0.490 e. The third-order valence-corrected chi connectivity index (χ3v) is 7.95. The quantitative estimate of drug-likeness (QED) is 0.565. The standard InChI is InChI=1S/C27H29FN2O5S/c1-36(32,33)23-11-7-20(8-12-23)30-18-15-24-25(30)3-2-4-26(24)34-22-13-16-29(17-14-22)27(31)35-21-9-5-19(28)6-10-21/h2-9,11-12,21-22H,10,13-18H2,1H3. The van der Waals surface area contributed by atoms with Gasteiger partial charge in [0.2, 0.25) is 0 Å². The van der Waals surface area contributed by atoms with Crippen molar-refractivity contribution in [2.45, 2.75) is 42.8 Å². The molecule has 2 aromatic rings. The van der Waals surface area contributed by atoms with E-state index in [1.807, 2.05) is 24.3 Å². The molecule has 0 saturated carbocycles. The Balaban J connectivity index is 1.19. The fourth-order valence-corrected chi connectivity index (χ4v) is 5.49. The molecule has 190 valence electrons. The second-order valence-corrected chi connectivity index (χ2v) is 11.3. The Morgan fingerprint density at radius 2 is 1.81 bits per heavy atom. The van der Waals surface area contributed by atoms with Crippen molar-refractivity contribution in [2.24, 2.45) is 0 Å². The molecule has 1 fully saturated rings. The van der Waals surface area contributed by atoms with Crippen LogP contribution in [0.15, 0.2) is 71.4 Å². The van der Waals surface area contributed by atoms with Crippen molar-refractivity contribution >= 4 is 27.3 Å². The number of benzene rings is 2. The summed E-state index contributed by atoms with van der Waals surface area (Å²) in [7, 11) is -3.24. The van der Waals surface area contributed by atoms with E-state index in [0.717, 1.165) is 35.7 Å². The van der Waals surface area contributed by atoms with E-state index < -0.39 is 15.9 Å². The Morgan fingerprint density at radius 3 is 2.47 bits per heavy atom. The zero-order valence-electron chi connectivity index (χ0n) is 20.1. The smallest absolute Gasteiger partial charge is 0.410 e. The topological polar surface area (TPSA) is 76.2 Å². The third-order valence-electron chi connectivity index (χ3n) is 6.82. The number of sulfone groups is 1. The van der Waals surface area contributed by atoms with Crippen LogP contribution in [0.1, 0.15) is 24.8 Å². The number of hydrogen-bond donors (Lipinski definition) is 0. The van der Waals surface area contributed by atoms with Gasteiger partial charge in [-0.2, -0.15) is 0 Å². The first kappa shape index (κ1) is 24.4. The van der Waals surface area contributed by atoms with E-state index in [2.05, 4.69) is 11.0 Å². The fraction of sp³-hybridized carbons (Fsp3) is 0.370. The van der Waals surface area contributed by atoms with Crippen LogP contribution >= 0.6 is 0 Å². The summed E-state index contributed by atoms with van der Waals surface area (Å²) in [4.78, 5) is 16.6. The van der Waals surface area contributed by atoms with Crippen LogP contribution in [0.4, 0.5) is 20.6 Å². The van der Waals surface area contributed by atoms with Crippen LogP contribution in [-0.4, -0.2) is 57.5 Å². The van der Waals surface area contributed by atoms with E-state index >= 15 is 0 Å². The maximum absolute atomic E-state index is 13.1. The minimum atomic E-state index is -3.24. The van der Waals surface area contributed by atoms with Gasteiger partial charge in [-0.25, -0.2) is 17.6 Å². The van der Waals surface area contributed by atoms with Gasteiger partial charge in [-0.15, -0.1) is 0 Å². The number of halogens is 1. The van der Waals surface area contributed by atoms with Crippen LogP contribution in [0.3, 0.4) is 0 Å². The summed E-state index contributed by atoms with van der Waals surface area (Å²) in [5.41, 5.74) is 3.14. The fourth-order valence-electron chi connectivity index (χ4n) is 4.86. The number of nitrogens with zero attached hydrogens (tertiary/aromatic N) is 2. The number of ether oxygens (including phenoxy) is 2. The number of likely N-dealkylation sites (tertiary alicyclic amines) is 1. The van der Waals surface area contributed by atoms with Gasteiger partial charge in [0.15, 0.2) is 9.84 Å². The molecule has 0 radical (unpaired) electrons. The summed E-state index contributed by atoms with van der Waals surface area (Å²) < 4.78 is 48.5. The Labute approximate surface area is 210 Å². The molecule has 0 aromatic heterocycles. The van der Waals surface area contributed by atoms with Gasteiger partial charge in [-0.3, -0.25) is 0 Å². The average Bonchev–Trinajstić information content (AvgIpc) is 3.31. The molecular formula is C27H29FN2O5S. The SMILES string of the molecule is CS(=O)(=O)c1ccc(N2CCc3c(OC4CCN(C(=O)OC5C=CC(F)=CC5)CC4)cccc32)cc1. The van der Waals surface area contributed by atoms with E-state index in [-0.39, 0.29) is 18.0 Å². The van der Waals surface area contributed by atoms with Crippen LogP contribution < -0.4 is 9.64 Å². The molecule has 1 aliphatic carbocycles. The van der Waals surface area contributed by atoms with Crippen LogP contribution in [0.2, 0.25) is 0 Å². The predicted octanol–water partition coefficient (Wildman–Crippen LogP) is 4.95. The van der Waals surface area contributed by atoms with Gasteiger partial charge in [0.05, 0.1) is 4.90 Å². The Hall–Kier alpha value is -3.33. The van der Waals surface area contributed by atoms with E-state index in [1.165, 1.54) is 18.4 Å². The van der Waals surface area contributed by atoms with Gasteiger partial charge in [0, 0.05) is 62.1 Å². The molecule has 9 heteroatoms. The number of amides is 1. The molecule has 2 aliphatic heterocycles. The van der Waals surface area contributed by atoms with Crippen molar-refractivity contribution in [3.8, 4) is 5.75 Å². The average molecular weight is 513 g/mol.